The number of halogens is 3. The van der Waals surface area contributed by atoms with E-state index in [4.69, 9.17) is 27.9 Å². The highest BCUT2D eigenvalue weighted by Gasteiger charge is 2.18. The van der Waals surface area contributed by atoms with Crippen molar-refractivity contribution in [2.45, 2.75) is 5.88 Å². The van der Waals surface area contributed by atoms with E-state index in [1.807, 2.05) is 0 Å². The fourth-order valence-electron chi connectivity index (χ4n) is 1.55. The highest BCUT2D eigenvalue weighted by molar-refractivity contribution is 6.32. The first kappa shape index (κ1) is 14.6. The lowest BCUT2D eigenvalue weighted by Gasteiger charge is -2.08. The molecule has 0 fully saturated rings. The fourth-order valence-corrected chi connectivity index (χ4v) is 1.96. The first-order chi connectivity index (χ1) is 9.51. The molecule has 0 spiro atoms. The Morgan fingerprint density at radius 2 is 1.90 bits per heavy atom. The first-order valence-corrected chi connectivity index (χ1v) is 6.38. The van der Waals surface area contributed by atoms with Crippen molar-refractivity contribution >= 4 is 28.9 Å². The van der Waals surface area contributed by atoms with Gasteiger partial charge >= 0.3 is 5.69 Å². The molecular formula is C13H8Cl2FNO3. The molecule has 104 valence electrons. The molecule has 0 N–H and O–H groups in total. The van der Waals surface area contributed by atoms with Crippen molar-refractivity contribution in [2.75, 3.05) is 0 Å². The second-order valence-electron chi connectivity index (χ2n) is 3.87. The van der Waals surface area contributed by atoms with Gasteiger partial charge in [-0.05, 0) is 29.8 Å². The maximum absolute atomic E-state index is 13.0. The second-order valence-corrected chi connectivity index (χ2v) is 4.54. The molecule has 2 aromatic rings. The van der Waals surface area contributed by atoms with E-state index < -0.39 is 16.4 Å². The molecule has 0 aliphatic rings. The highest BCUT2D eigenvalue weighted by Crippen LogP contribution is 2.35. The van der Waals surface area contributed by atoms with Gasteiger partial charge in [0.1, 0.15) is 11.6 Å². The SMILES string of the molecule is O=[N+]([O-])c1cc(F)ccc1Oc1ccc(CCl)cc1Cl. The van der Waals surface area contributed by atoms with Crippen LogP contribution in [0.2, 0.25) is 5.02 Å². The van der Waals surface area contributed by atoms with Crippen molar-refractivity contribution < 1.29 is 14.1 Å². The second kappa shape index (κ2) is 6.07. The zero-order valence-corrected chi connectivity index (χ0v) is 11.5. The Morgan fingerprint density at radius 1 is 1.20 bits per heavy atom. The summed E-state index contributed by atoms with van der Waals surface area (Å²) in [5.74, 6) is -0.281. The van der Waals surface area contributed by atoms with E-state index in [-0.39, 0.29) is 22.4 Å². The number of nitro benzene ring substituents is 1. The van der Waals surface area contributed by atoms with Crippen LogP contribution in [0.25, 0.3) is 0 Å². The van der Waals surface area contributed by atoms with E-state index >= 15 is 0 Å². The Morgan fingerprint density at radius 3 is 2.50 bits per heavy atom. The predicted octanol–water partition coefficient (Wildman–Crippen LogP) is 4.92. The zero-order valence-electron chi connectivity index (χ0n) is 9.98. The molecule has 0 heterocycles. The average Bonchev–Trinajstić information content (AvgIpc) is 2.42. The third kappa shape index (κ3) is 3.18. The fraction of sp³-hybridized carbons (Fsp3) is 0.0769. The summed E-state index contributed by atoms with van der Waals surface area (Å²) in [6.45, 7) is 0. The molecule has 0 bridgehead atoms. The molecule has 7 heteroatoms. The van der Waals surface area contributed by atoms with Gasteiger partial charge in [-0.15, -0.1) is 11.6 Å². The number of benzene rings is 2. The van der Waals surface area contributed by atoms with E-state index in [1.165, 1.54) is 6.07 Å². The van der Waals surface area contributed by atoms with E-state index in [1.54, 1.807) is 18.2 Å². The quantitative estimate of drug-likeness (QED) is 0.457. The number of hydrogen-bond acceptors (Lipinski definition) is 3. The Labute approximate surface area is 123 Å². The minimum atomic E-state index is -0.723. The molecule has 0 saturated carbocycles. The summed E-state index contributed by atoms with van der Waals surface area (Å²) < 4.78 is 18.4. The minimum Gasteiger partial charge on any atom is -0.449 e. The molecular weight excluding hydrogens is 308 g/mol. The number of rotatable bonds is 4. The molecule has 0 amide bonds. The van der Waals surface area contributed by atoms with Crippen LogP contribution in [0.15, 0.2) is 36.4 Å². The zero-order chi connectivity index (χ0) is 14.7. The minimum absolute atomic E-state index is 0.0862. The van der Waals surface area contributed by atoms with Gasteiger partial charge in [0, 0.05) is 5.88 Å². The van der Waals surface area contributed by atoms with Gasteiger partial charge in [-0.25, -0.2) is 4.39 Å². The molecule has 0 radical (unpaired) electrons. The normalized spacial score (nSPS) is 10.3. The van der Waals surface area contributed by atoms with Gasteiger partial charge in [0.05, 0.1) is 16.0 Å². The first-order valence-electron chi connectivity index (χ1n) is 5.47. The highest BCUT2D eigenvalue weighted by atomic mass is 35.5. The lowest BCUT2D eigenvalue weighted by atomic mass is 10.2. The van der Waals surface area contributed by atoms with Crippen LogP contribution in [0, 0.1) is 15.9 Å². The van der Waals surface area contributed by atoms with Gasteiger partial charge in [-0.1, -0.05) is 17.7 Å². The monoisotopic (exact) mass is 315 g/mol. The van der Waals surface area contributed by atoms with Crippen molar-refractivity contribution in [3.05, 3.63) is 62.9 Å². The number of hydrogen-bond donors (Lipinski definition) is 0. The molecule has 2 aromatic carbocycles. The van der Waals surface area contributed by atoms with E-state index in [2.05, 4.69) is 0 Å². The van der Waals surface area contributed by atoms with Crippen LogP contribution in [0.1, 0.15) is 5.56 Å². The van der Waals surface area contributed by atoms with E-state index in [0.717, 1.165) is 17.7 Å². The lowest BCUT2D eigenvalue weighted by molar-refractivity contribution is -0.385. The molecule has 0 unspecified atom stereocenters. The third-order valence-electron chi connectivity index (χ3n) is 2.49. The smallest absolute Gasteiger partial charge is 0.314 e. The van der Waals surface area contributed by atoms with E-state index in [0.29, 0.717) is 0 Å². The molecule has 4 nitrogen and oxygen atoms in total. The Kier molecular flexibility index (Phi) is 4.42. The summed E-state index contributed by atoms with van der Waals surface area (Å²) in [4.78, 5) is 10.1. The summed E-state index contributed by atoms with van der Waals surface area (Å²) in [7, 11) is 0. The molecule has 2 rings (SSSR count). The number of alkyl halides is 1. The van der Waals surface area contributed by atoms with Gasteiger partial charge < -0.3 is 4.74 Å². The van der Waals surface area contributed by atoms with Crippen molar-refractivity contribution in [1.82, 2.24) is 0 Å². The standard InChI is InChI=1S/C13H8Cl2FNO3/c14-7-8-1-3-12(10(15)5-8)20-13-4-2-9(16)6-11(13)17(18)19/h1-6H,7H2. The van der Waals surface area contributed by atoms with Gasteiger partial charge in [0.15, 0.2) is 0 Å². The summed E-state index contributed by atoms with van der Waals surface area (Å²) in [5, 5.41) is 11.1. The van der Waals surface area contributed by atoms with Crippen LogP contribution in [-0.2, 0) is 5.88 Å². The summed E-state index contributed by atoms with van der Waals surface area (Å²) >= 11 is 11.7. The van der Waals surface area contributed by atoms with Crippen molar-refractivity contribution in [2.24, 2.45) is 0 Å². The van der Waals surface area contributed by atoms with Gasteiger partial charge in [0.2, 0.25) is 5.75 Å². The Balaban J connectivity index is 2.37. The van der Waals surface area contributed by atoms with E-state index in [9.17, 15) is 14.5 Å². The lowest BCUT2D eigenvalue weighted by Crippen LogP contribution is -1.95. The summed E-state index contributed by atoms with van der Waals surface area (Å²) in [6.07, 6.45) is 0. The molecule has 0 aliphatic heterocycles. The predicted molar refractivity (Wildman–Crippen MR) is 74.1 cm³/mol. The van der Waals surface area contributed by atoms with Gasteiger partial charge in [0.25, 0.3) is 0 Å². The number of ether oxygens (including phenoxy) is 1. The van der Waals surface area contributed by atoms with Crippen LogP contribution in [0.3, 0.4) is 0 Å². The topological polar surface area (TPSA) is 52.4 Å². The van der Waals surface area contributed by atoms with Crippen LogP contribution in [0.4, 0.5) is 10.1 Å². The Hall–Kier alpha value is -1.85. The van der Waals surface area contributed by atoms with Crippen molar-refractivity contribution in [1.29, 1.82) is 0 Å². The molecule has 20 heavy (non-hydrogen) atoms. The average molecular weight is 316 g/mol. The molecule has 0 saturated heterocycles. The molecule has 0 aromatic heterocycles. The maximum atomic E-state index is 13.0. The van der Waals surface area contributed by atoms with Crippen molar-refractivity contribution in [3.8, 4) is 11.5 Å². The summed E-state index contributed by atoms with van der Waals surface area (Å²) in [5.41, 5.74) is 0.320. The third-order valence-corrected chi connectivity index (χ3v) is 3.09. The van der Waals surface area contributed by atoms with Crippen LogP contribution < -0.4 is 4.74 Å². The van der Waals surface area contributed by atoms with Crippen LogP contribution >= 0.6 is 23.2 Å². The molecule has 0 aliphatic carbocycles. The van der Waals surface area contributed by atoms with Crippen molar-refractivity contribution in [3.63, 3.8) is 0 Å². The maximum Gasteiger partial charge on any atom is 0.314 e. The Bertz CT molecular complexity index is 664. The van der Waals surface area contributed by atoms with Gasteiger partial charge in [-0.3, -0.25) is 10.1 Å². The number of nitrogens with zero attached hydrogens (tertiary/aromatic N) is 1. The number of nitro groups is 1. The van der Waals surface area contributed by atoms with Gasteiger partial charge in [-0.2, -0.15) is 0 Å². The molecule has 0 atom stereocenters. The van der Waals surface area contributed by atoms with Crippen LogP contribution in [-0.4, -0.2) is 4.92 Å². The van der Waals surface area contributed by atoms with Crippen LogP contribution in [0.5, 0.6) is 11.5 Å². The largest absolute Gasteiger partial charge is 0.449 e. The summed E-state index contributed by atoms with van der Waals surface area (Å²) in [6, 6.07) is 7.87.